The van der Waals surface area contributed by atoms with E-state index in [9.17, 15) is 0 Å². The van der Waals surface area contributed by atoms with Crippen LogP contribution in [0.15, 0.2) is 54.6 Å². The molecule has 2 heteroatoms. The molecular formula is C19H22N2. The largest absolute Gasteiger partial charge is 0.307 e. The number of benzene rings is 2. The van der Waals surface area contributed by atoms with Crippen LogP contribution < -0.4 is 5.32 Å². The van der Waals surface area contributed by atoms with Crippen molar-refractivity contribution in [3.8, 4) is 6.07 Å². The van der Waals surface area contributed by atoms with E-state index in [1.54, 1.807) is 0 Å². The van der Waals surface area contributed by atoms with Gasteiger partial charge in [0.2, 0.25) is 0 Å². The third kappa shape index (κ3) is 4.44. The topological polar surface area (TPSA) is 35.8 Å². The Morgan fingerprint density at radius 2 is 1.71 bits per heavy atom. The Morgan fingerprint density at radius 3 is 2.29 bits per heavy atom. The van der Waals surface area contributed by atoms with Gasteiger partial charge in [0.05, 0.1) is 11.6 Å². The Kier molecular flexibility index (Phi) is 5.54. The number of rotatable bonds is 6. The fourth-order valence-electron chi connectivity index (χ4n) is 2.52. The Labute approximate surface area is 127 Å². The van der Waals surface area contributed by atoms with Crippen LogP contribution in [0.25, 0.3) is 0 Å². The first kappa shape index (κ1) is 15.3. The summed E-state index contributed by atoms with van der Waals surface area (Å²) in [6.45, 7) is 4.39. The minimum atomic E-state index is 0.284. The van der Waals surface area contributed by atoms with Crippen molar-refractivity contribution in [2.24, 2.45) is 0 Å². The number of hydrogen-bond donors (Lipinski definition) is 1. The summed E-state index contributed by atoms with van der Waals surface area (Å²) in [5, 5.41) is 12.5. The van der Waals surface area contributed by atoms with Crippen molar-refractivity contribution in [1.82, 2.24) is 5.32 Å². The molecule has 2 atom stereocenters. The zero-order chi connectivity index (χ0) is 15.1. The number of hydrogen-bond acceptors (Lipinski definition) is 2. The Balaban J connectivity index is 1.98. The van der Waals surface area contributed by atoms with Crippen LogP contribution in [0.5, 0.6) is 0 Å². The van der Waals surface area contributed by atoms with E-state index in [0.717, 1.165) is 12.8 Å². The predicted octanol–water partition coefficient (Wildman–Crippen LogP) is 4.23. The van der Waals surface area contributed by atoms with Crippen molar-refractivity contribution in [2.75, 3.05) is 0 Å². The van der Waals surface area contributed by atoms with Crippen LogP contribution in [0.2, 0.25) is 0 Å². The Bertz CT molecular complexity index is 581. The average Bonchev–Trinajstić information content (AvgIpc) is 2.55. The van der Waals surface area contributed by atoms with E-state index in [4.69, 9.17) is 5.26 Å². The zero-order valence-electron chi connectivity index (χ0n) is 12.7. The molecule has 108 valence electrons. The molecule has 2 rings (SSSR count). The van der Waals surface area contributed by atoms with Crippen molar-refractivity contribution in [3.05, 3.63) is 71.3 Å². The lowest BCUT2D eigenvalue weighted by Gasteiger charge is -2.23. The maximum atomic E-state index is 8.85. The second-order valence-electron chi connectivity index (χ2n) is 5.42. The van der Waals surface area contributed by atoms with E-state index in [-0.39, 0.29) is 6.04 Å². The predicted molar refractivity (Wildman–Crippen MR) is 86.9 cm³/mol. The van der Waals surface area contributed by atoms with Crippen molar-refractivity contribution in [2.45, 2.75) is 38.8 Å². The molecule has 0 heterocycles. The van der Waals surface area contributed by atoms with E-state index < -0.39 is 0 Å². The monoisotopic (exact) mass is 278 g/mol. The molecule has 0 spiro atoms. The molecule has 0 aliphatic rings. The molecule has 0 amide bonds. The summed E-state index contributed by atoms with van der Waals surface area (Å²) in [6.07, 6.45) is 2.13. The van der Waals surface area contributed by atoms with Crippen LogP contribution in [0.4, 0.5) is 0 Å². The first-order valence-electron chi connectivity index (χ1n) is 7.53. The van der Waals surface area contributed by atoms with Gasteiger partial charge in [-0.1, -0.05) is 49.4 Å². The smallest absolute Gasteiger partial charge is 0.0991 e. The zero-order valence-corrected chi connectivity index (χ0v) is 12.7. The molecule has 0 aliphatic heterocycles. The standard InChI is InChI=1S/C19H22N2/c1-3-19(13-16-7-5-4-6-8-16)21-15(2)18-11-9-17(14-20)10-12-18/h4-12,15,19,21H,3,13H2,1-2H3. The third-order valence-corrected chi connectivity index (χ3v) is 3.84. The summed E-state index contributed by atoms with van der Waals surface area (Å²) in [5.41, 5.74) is 3.30. The highest BCUT2D eigenvalue weighted by molar-refractivity contribution is 5.32. The van der Waals surface area contributed by atoms with Crippen molar-refractivity contribution < 1.29 is 0 Å². The Hall–Kier alpha value is -2.11. The summed E-state index contributed by atoms with van der Waals surface area (Å²) in [7, 11) is 0. The number of nitrogens with one attached hydrogen (secondary N) is 1. The molecule has 0 fully saturated rings. The van der Waals surface area contributed by atoms with Crippen LogP contribution in [0, 0.1) is 11.3 Å². The third-order valence-electron chi connectivity index (χ3n) is 3.84. The van der Waals surface area contributed by atoms with Crippen LogP contribution in [0.3, 0.4) is 0 Å². The maximum Gasteiger partial charge on any atom is 0.0991 e. The molecule has 0 bridgehead atoms. The number of nitriles is 1. The average molecular weight is 278 g/mol. The molecule has 21 heavy (non-hydrogen) atoms. The summed E-state index contributed by atoms with van der Waals surface area (Å²) in [4.78, 5) is 0. The summed E-state index contributed by atoms with van der Waals surface area (Å²) >= 11 is 0. The molecule has 1 N–H and O–H groups in total. The van der Waals surface area contributed by atoms with E-state index >= 15 is 0 Å². The second kappa shape index (κ2) is 7.61. The van der Waals surface area contributed by atoms with Crippen LogP contribution >= 0.6 is 0 Å². The molecule has 0 aromatic heterocycles. The van der Waals surface area contributed by atoms with E-state index in [1.165, 1.54) is 11.1 Å². The van der Waals surface area contributed by atoms with Crippen molar-refractivity contribution >= 4 is 0 Å². The van der Waals surface area contributed by atoms with Crippen molar-refractivity contribution in [1.29, 1.82) is 5.26 Å². The lowest BCUT2D eigenvalue weighted by molar-refractivity contribution is 0.440. The second-order valence-corrected chi connectivity index (χ2v) is 5.42. The van der Waals surface area contributed by atoms with Gasteiger partial charge >= 0.3 is 0 Å². The van der Waals surface area contributed by atoms with Gasteiger partial charge in [-0.15, -0.1) is 0 Å². The number of nitrogens with zero attached hydrogens (tertiary/aromatic N) is 1. The maximum absolute atomic E-state index is 8.85. The van der Waals surface area contributed by atoms with E-state index in [2.05, 4.69) is 55.6 Å². The summed E-state index contributed by atoms with van der Waals surface area (Å²) < 4.78 is 0. The fraction of sp³-hybridized carbons (Fsp3) is 0.316. The van der Waals surface area contributed by atoms with Crippen LogP contribution in [-0.4, -0.2) is 6.04 Å². The molecule has 2 nitrogen and oxygen atoms in total. The molecule has 2 aromatic carbocycles. The fourth-order valence-corrected chi connectivity index (χ4v) is 2.52. The van der Waals surface area contributed by atoms with Gasteiger partial charge in [-0.2, -0.15) is 5.26 Å². The lowest BCUT2D eigenvalue weighted by atomic mass is 10.0. The molecule has 0 radical (unpaired) electrons. The van der Waals surface area contributed by atoms with Gasteiger partial charge < -0.3 is 5.32 Å². The molecule has 2 unspecified atom stereocenters. The van der Waals surface area contributed by atoms with E-state index in [0.29, 0.717) is 11.6 Å². The molecular weight excluding hydrogens is 256 g/mol. The molecule has 2 aromatic rings. The molecule has 0 saturated heterocycles. The van der Waals surface area contributed by atoms with Gasteiger partial charge in [0.1, 0.15) is 0 Å². The Morgan fingerprint density at radius 1 is 1.05 bits per heavy atom. The van der Waals surface area contributed by atoms with Gasteiger partial charge in [0.25, 0.3) is 0 Å². The SMILES string of the molecule is CCC(Cc1ccccc1)NC(C)c1ccc(C#N)cc1. The highest BCUT2D eigenvalue weighted by Gasteiger charge is 2.12. The van der Waals surface area contributed by atoms with Gasteiger partial charge in [-0.05, 0) is 43.0 Å². The highest BCUT2D eigenvalue weighted by atomic mass is 14.9. The van der Waals surface area contributed by atoms with Crippen LogP contribution in [-0.2, 0) is 6.42 Å². The van der Waals surface area contributed by atoms with E-state index in [1.807, 2.05) is 24.3 Å². The quantitative estimate of drug-likeness (QED) is 0.858. The normalized spacial score (nSPS) is 13.4. The lowest BCUT2D eigenvalue weighted by Crippen LogP contribution is -2.32. The van der Waals surface area contributed by atoms with Crippen molar-refractivity contribution in [3.63, 3.8) is 0 Å². The minimum absolute atomic E-state index is 0.284. The molecule has 0 saturated carbocycles. The van der Waals surface area contributed by atoms with Gasteiger partial charge in [-0.3, -0.25) is 0 Å². The van der Waals surface area contributed by atoms with Crippen LogP contribution in [0.1, 0.15) is 43.0 Å². The first-order valence-corrected chi connectivity index (χ1v) is 7.53. The minimum Gasteiger partial charge on any atom is -0.307 e. The van der Waals surface area contributed by atoms with Gasteiger partial charge in [0, 0.05) is 12.1 Å². The molecule has 0 aliphatic carbocycles. The van der Waals surface area contributed by atoms with Gasteiger partial charge in [-0.25, -0.2) is 0 Å². The summed E-state index contributed by atoms with van der Waals surface area (Å²) in [5.74, 6) is 0. The highest BCUT2D eigenvalue weighted by Crippen LogP contribution is 2.16. The summed E-state index contributed by atoms with van der Waals surface area (Å²) in [6, 6.07) is 21.3. The van der Waals surface area contributed by atoms with Gasteiger partial charge in [0.15, 0.2) is 0 Å². The first-order chi connectivity index (χ1) is 10.2.